The number of carbonyl (C=O) groups excluding carboxylic acids is 2. The van der Waals surface area contributed by atoms with Gasteiger partial charge in [0.05, 0.1) is 12.3 Å². The minimum atomic E-state index is -0.135. The van der Waals surface area contributed by atoms with E-state index in [4.69, 9.17) is 11.6 Å². The number of benzene rings is 1. The van der Waals surface area contributed by atoms with E-state index in [2.05, 4.69) is 24.1 Å². The lowest BCUT2D eigenvalue weighted by Gasteiger charge is -2.43. The standard InChI is InChI=1S/C23H32ClN3O2/c1-3-6-16(2)27-14-18-19(15-27)23(25-22(18)29)9-11-26(12-10-23)21(28)13-17-7-4-5-8-20(17)24/h4-5,7-8,16,18-19H,3,6,9-15H2,1-2H3,(H,25,29)/t16?,18-,19+/m1/s1. The van der Waals surface area contributed by atoms with Crippen molar-refractivity contribution in [2.45, 2.75) is 57.5 Å². The average Bonchev–Trinajstić information content (AvgIpc) is 3.25. The molecule has 3 fully saturated rings. The Morgan fingerprint density at radius 3 is 2.69 bits per heavy atom. The summed E-state index contributed by atoms with van der Waals surface area (Å²) >= 11 is 6.22. The lowest BCUT2D eigenvalue weighted by atomic mass is 9.75. The van der Waals surface area contributed by atoms with Crippen molar-refractivity contribution < 1.29 is 9.59 Å². The minimum Gasteiger partial charge on any atom is -0.350 e. The van der Waals surface area contributed by atoms with E-state index in [0.29, 0.717) is 36.5 Å². The quantitative estimate of drug-likeness (QED) is 0.800. The van der Waals surface area contributed by atoms with Crippen LogP contribution >= 0.6 is 11.6 Å². The Morgan fingerprint density at radius 1 is 1.28 bits per heavy atom. The first kappa shape index (κ1) is 20.7. The molecule has 158 valence electrons. The Bertz CT molecular complexity index is 775. The number of fused-ring (bicyclic) bond motifs is 2. The molecular weight excluding hydrogens is 386 g/mol. The average molecular weight is 418 g/mol. The van der Waals surface area contributed by atoms with Crippen molar-refractivity contribution in [3.63, 3.8) is 0 Å². The molecule has 0 aromatic heterocycles. The highest BCUT2D eigenvalue weighted by atomic mass is 35.5. The Labute approximate surface area is 178 Å². The molecule has 4 rings (SSSR count). The van der Waals surface area contributed by atoms with E-state index in [-0.39, 0.29) is 23.3 Å². The highest BCUT2D eigenvalue weighted by molar-refractivity contribution is 6.31. The van der Waals surface area contributed by atoms with Gasteiger partial charge in [-0.3, -0.25) is 14.5 Å². The molecule has 2 amide bonds. The fraction of sp³-hybridized carbons (Fsp3) is 0.652. The van der Waals surface area contributed by atoms with Gasteiger partial charge in [-0.1, -0.05) is 43.1 Å². The Kier molecular flexibility index (Phi) is 5.90. The lowest BCUT2D eigenvalue weighted by molar-refractivity contribution is -0.132. The summed E-state index contributed by atoms with van der Waals surface area (Å²) in [6.45, 7) is 7.80. The third-order valence-corrected chi connectivity index (χ3v) is 7.77. The molecule has 3 aliphatic rings. The van der Waals surface area contributed by atoms with Gasteiger partial charge < -0.3 is 10.2 Å². The molecule has 0 radical (unpaired) electrons. The lowest BCUT2D eigenvalue weighted by Crippen LogP contribution is -2.56. The van der Waals surface area contributed by atoms with Crippen LogP contribution < -0.4 is 5.32 Å². The van der Waals surface area contributed by atoms with Gasteiger partial charge in [-0.15, -0.1) is 0 Å². The first-order valence-corrected chi connectivity index (χ1v) is 11.4. The predicted molar refractivity (Wildman–Crippen MR) is 115 cm³/mol. The highest BCUT2D eigenvalue weighted by Crippen LogP contribution is 2.44. The first-order valence-electron chi connectivity index (χ1n) is 11.0. The molecule has 1 aromatic carbocycles. The van der Waals surface area contributed by atoms with Crippen molar-refractivity contribution in [3.8, 4) is 0 Å². The molecule has 1 spiro atoms. The molecule has 3 aliphatic heterocycles. The van der Waals surface area contributed by atoms with Crippen molar-refractivity contribution >= 4 is 23.4 Å². The van der Waals surface area contributed by atoms with Crippen LogP contribution in [0.3, 0.4) is 0 Å². The van der Waals surface area contributed by atoms with Crippen LogP contribution in [0.5, 0.6) is 0 Å². The van der Waals surface area contributed by atoms with Crippen LogP contribution in [0.1, 0.15) is 45.1 Å². The van der Waals surface area contributed by atoms with Gasteiger partial charge >= 0.3 is 0 Å². The normalized spacial score (nSPS) is 27.1. The van der Waals surface area contributed by atoms with Crippen LogP contribution in [0.2, 0.25) is 5.02 Å². The summed E-state index contributed by atoms with van der Waals surface area (Å²) in [7, 11) is 0. The number of amides is 2. The Hall–Kier alpha value is -1.59. The number of nitrogens with one attached hydrogen (secondary N) is 1. The summed E-state index contributed by atoms with van der Waals surface area (Å²) in [5.41, 5.74) is 0.744. The molecule has 0 saturated carbocycles. The zero-order valence-corrected chi connectivity index (χ0v) is 18.3. The molecule has 3 atom stereocenters. The van der Waals surface area contributed by atoms with Gasteiger partial charge in [-0.25, -0.2) is 0 Å². The largest absolute Gasteiger partial charge is 0.350 e. The maximum atomic E-state index is 12.8. The molecule has 3 heterocycles. The molecule has 3 saturated heterocycles. The Morgan fingerprint density at radius 2 is 2.00 bits per heavy atom. The van der Waals surface area contributed by atoms with Crippen LogP contribution in [-0.2, 0) is 16.0 Å². The summed E-state index contributed by atoms with van der Waals surface area (Å²) in [5.74, 6) is 0.824. The van der Waals surface area contributed by atoms with Gasteiger partial charge in [-0.2, -0.15) is 0 Å². The van der Waals surface area contributed by atoms with Crippen molar-refractivity contribution in [1.29, 1.82) is 0 Å². The third kappa shape index (κ3) is 3.91. The van der Waals surface area contributed by atoms with Crippen LogP contribution in [0.25, 0.3) is 0 Å². The van der Waals surface area contributed by atoms with Crippen molar-refractivity contribution in [1.82, 2.24) is 15.1 Å². The second kappa shape index (κ2) is 8.27. The molecule has 1 N–H and O–H groups in total. The third-order valence-electron chi connectivity index (χ3n) is 7.40. The van der Waals surface area contributed by atoms with Gasteiger partial charge in [0.1, 0.15) is 0 Å². The van der Waals surface area contributed by atoms with Crippen molar-refractivity contribution in [2.24, 2.45) is 11.8 Å². The van der Waals surface area contributed by atoms with E-state index in [1.807, 2.05) is 29.2 Å². The predicted octanol–water partition coefficient (Wildman–Crippen LogP) is 3.11. The fourth-order valence-electron chi connectivity index (χ4n) is 5.62. The monoisotopic (exact) mass is 417 g/mol. The summed E-state index contributed by atoms with van der Waals surface area (Å²) in [6.07, 6.45) is 4.40. The number of hydrogen-bond acceptors (Lipinski definition) is 3. The van der Waals surface area contributed by atoms with Gasteiger partial charge in [0.15, 0.2) is 0 Å². The van der Waals surface area contributed by atoms with E-state index >= 15 is 0 Å². The van der Waals surface area contributed by atoms with Gasteiger partial charge in [0.25, 0.3) is 0 Å². The zero-order chi connectivity index (χ0) is 20.6. The van der Waals surface area contributed by atoms with Gasteiger partial charge in [0, 0.05) is 48.7 Å². The number of rotatable bonds is 5. The van der Waals surface area contributed by atoms with E-state index < -0.39 is 0 Å². The second-order valence-corrected chi connectivity index (χ2v) is 9.51. The zero-order valence-electron chi connectivity index (χ0n) is 17.5. The number of piperidine rings is 1. The summed E-state index contributed by atoms with van der Waals surface area (Å²) < 4.78 is 0. The highest BCUT2D eigenvalue weighted by Gasteiger charge is 2.57. The molecule has 6 heteroatoms. The maximum absolute atomic E-state index is 12.8. The summed E-state index contributed by atoms with van der Waals surface area (Å²) in [5, 5.41) is 4.00. The van der Waals surface area contributed by atoms with Gasteiger partial charge in [0.2, 0.25) is 11.8 Å². The molecule has 5 nitrogen and oxygen atoms in total. The van der Waals surface area contributed by atoms with Crippen LogP contribution in [0.15, 0.2) is 24.3 Å². The molecule has 29 heavy (non-hydrogen) atoms. The number of nitrogens with zero attached hydrogens (tertiary/aromatic N) is 2. The van der Waals surface area contributed by atoms with E-state index in [9.17, 15) is 9.59 Å². The van der Waals surface area contributed by atoms with Crippen LogP contribution in [0.4, 0.5) is 0 Å². The topological polar surface area (TPSA) is 52.7 Å². The Balaban J connectivity index is 1.39. The number of halogens is 1. The first-order chi connectivity index (χ1) is 13.9. The van der Waals surface area contributed by atoms with E-state index in [1.165, 1.54) is 12.8 Å². The minimum absolute atomic E-state index is 0.111. The maximum Gasteiger partial charge on any atom is 0.227 e. The van der Waals surface area contributed by atoms with Crippen molar-refractivity contribution in [3.05, 3.63) is 34.9 Å². The molecule has 1 aromatic rings. The molecule has 0 bridgehead atoms. The van der Waals surface area contributed by atoms with Gasteiger partial charge in [-0.05, 0) is 37.8 Å². The van der Waals surface area contributed by atoms with Crippen LogP contribution in [-0.4, -0.2) is 59.4 Å². The summed E-state index contributed by atoms with van der Waals surface area (Å²) in [4.78, 5) is 30.0. The molecule has 1 unspecified atom stereocenters. The number of hydrogen-bond donors (Lipinski definition) is 1. The smallest absolute Gasteiger partial charge is 0.227 e. The van der Waals surface area contributed by atoms with E-state index in [0.717, 1.165) is 31.5 Å². The fourth-order valence-corrected chi connectivity index (χ4v) is 5.82. The number of carbonyl (C=O) groups is 2. The van der Waals surface area contributed by atoms with Crippen molar-refractivity contribution in [2.75, 3.05) is 26.2 Å². The molecular formula is C23H32ClN3O2. The van der Waals surface area contributed by atoms with Crippen LogP contribution in [0, 0.1) is 11.8 Å². The SMILES string of the molecule is CCCC(C)N1C[C@H]2C(=O)NC3(CCN(C(=O)Cc4ccccc4Cl)CC3)[C@H]2C1. The summed E-state index contributed by atoms with van der Waals surface area (Å²) in [6, 6.07) is 8.08. The second-order valence-electron chi connectivity index (χ2n) is 9.10. The number of likely N-dealkylation sites (tertiary alicyclic amines) is 2. The molecule has 0 aliphatic carbocycles. The van der Waals surface area contributed by atoms with E-state index in [1.54, 1.807) is 0 Å².